The first-order chi connectivity index (χ1) is 11.8. The second-order valence-electron chi connectivity index (χ2n) is 4.74. The van der Waals surface area contributed by atoms with Crippen molar-refractivity contribution in [1.82, 2.24) is 9.97 Å². The summed E-state index contributed by atoms with van der Waals surface area (Å²) in [5.74, 6) is 0. The molecule has 0 spiro atoms. The summed E-state index contributed by atoms with van der Waals surface area (Å²) in [5, 5.41) is 9.23. The molecule has 0 aromatic carbocycles. The molecule has 0 aliphatic carbocycles. The van der Waals surface area contributed by atoms with Gasteiger partial charge in [0.1, 0.15) is 0 Å². The van der Waals surface area contributed by atoms with Gasteiger partial charge in [0.2, 0.25) is 0 Å². The van der Waals surface area contributed by atoms with Crippen molar-refractivity contribution in [3.8, 4) is 11.4 Å². The quantitative estimate of drug-likeness (QED) is 0.797. The molecule has 0 aliphatic heterocycles. The SMILES string of the molecule is C=C/C(CCO)=C(\C=C/C)c1cccc(-c2ccccn2)n1.CN. The number of hydrogen-bond acceptors (Lipinski definition) is 4. The minimum Gasteiger partial charge on any atom is -0.396 e. The van der Waals surface area contributed by atoms with Crippen LogP contribution in [0.2, 0.25) is 0 Å². The highest BCUT2D eigenvalue weighted by atomic mass is 16.2. The van der Waals surface area contributed by atoms with Crippen LogP contribution in [0.4, 0.5) is 0 Å². The van der Waals surface area contributed by atoms with Crippen LogP contribution in [0.3, 0.4) is 0 Å². The fourth-order valence-electron chi connectivity index (χ4n) is 2.23. The van der Waals surface area contributed by atoms with Crippen LogP contribution in [0.1, 0.15) is 19.0 Å². The van der Waals surface area contributed by atoms with E-state index in [-0.39, 0.29) is 6.61 Å². The molecule has 0 aliphatic rings. The molecule has 24 heavy (non-hydrogen) atoms. The molecule has 2 rings (SSSR count). The van der Waals surface area contributed by atoms with Crippen LogP contribution in [0.25, 0.3) is 17.0 Å². The van der Waals surface area contributed by atoms with Crippen LogP contribution in [0.15, 0.2) is 73.0 Å². The Kier molecular flexibility index (Phi) is 8.97. The Labute approximate surface area is 144 Å². The lowest BCUT2D eigenvalue weighted by atomic mass is 10.0. The summed E-state index contributed by atoms with van der Waals surface area (Å²) in [5.41, 5.74) is 8.97. The van der Waals surface area contributed by atoms with E-state index in [9.17, 15) is 5.11 Å². The first-order valence-electron chi connectivity index (χ1n) is 7.86. The molecule has 0 bridgehead atoms. The number of rotatable bonds is 6. The maximum atomic E-state index is 9.23. The van der Waals surface area contributed by atoms with Gasteiger partial charge in [-0.25, -0.2) is 4.98 Å². The number of nitrogens with two attached hydrogens (primary N) is 1. The van der Waals surface area contributed by atoms with E-state index in [1.54, 1.807) is 12.3 Å². The summed E-state index contributed by atoms with van der Waals surface area (Å²) in [6.07, 6.45) is 8.05. The maximum absolute atomic E-state index is 9.23. The van der Waals surface area contributed by atoms with Crippen molar-refractivity contribution in [3.05, 3.63) is 78.7 Å². The fourth-order valence-corrected chi connectivity index (χ4v) is 2.23. The van der Waals surface area contributed by atoms with E-state index in [0.29, 0.717) is 6.42 Å². The van der Waals surface area contributed by atoms with Gasteiger partial charge in [0, 0.05) is 18.4 Å². The molecular weight excluding hydrogens is 298 g/mol. The second kappa shape index (κ2) is 11.0. The first-order valence-corrected chi connectivity index (χ1v) is 7.86. The highest BCUT2D eigenvalue weighted by molar-refractivity contribution is 5.77. The molecule has 2 aromatic heterocycles. The molecule has 4 nitrogen and oxygen atoms in total. The van der Waals surface area contributed by atoms with Crippen molar-refractivity contribution in [1.29, 1.82) is 0 Å². The second-order valence-corrected chi connectivity index (χ2v) is 4.74. The molecule has 4 heteroatoms. The van der Waals surface area contributed by atoms with Crippen molar-refractivity contribution in [3.63, 3.8) is 0 Å². The Morgan fingerprint density at radius 2 is 1.92 bits per heavy atom. The lowest BCUT2D eigenvalue weighted by Crippen LogP contribution is -1.96. The predicted octanol–water partition coefficient (Wildman–Crippen LogP) is 3.62. The van der Waals surface area contributed by atoms with Gasteiger partial charge in [-0.3, -0.25) is 4.98 Å². The highest BCUT2D eigenvalue weighted by Gasteiger charge is 2.08. The minimum atomic E-state index is 0.0857. The zero-order valence-electron chi connectivity index (χ0n) is 14.3. The molecule has 0 amide bonds. The van der Waals surface area contributed by atoms with E-state index in [1.165, 1.54) is 7.05 Å². The number of nitrogens with zero attached hydrogens (tertiary/aromatic N) is 2. The Balaban J connectivity index is 0.00000139. The molecule has 0 saturated carbocycles. The lowest BCUT2D eigenvalue weighted by Gasteiger charge is -2.10. The van der Waals surface area contributed by atoms with E-state index < -0.39 is 0 Å². The van der Waals surface area contributed by atoms with Crippen molar-refractivity contribution < 1.29 is 5.11 Å². The van der Waals surface area contributed by atoms with Crippen molar-refractivity contribution in [2.75, 3.05) is 13.7 Å². The van der Waals surface area contributed by atoms with Gasteiger partial charge in [0.15, 0.2) is 0 Å². The third-order valence-corrected chi connectivity index (χ3v) is 3.26. The van der Waals surface area contributed by atoms with E-state index in [0.717, 1.165) is 28.2 Å². The summed E-state index contributed by atoms with van der Waals surface area (Å²) < 4.78 is 0. The van der Waals surface area contributed by atoms with Gasteiger partial charge in [-0.05, 0) is 50.2 Å². The maximum Gasteiger partial charge on any atom is 0.0893 e. The fraction of sp³-hybridized carbons (Fsp3) is 0.200. The molecule has 126 valence electrons. The smallest absolute Gasteiger partial charge is 0.0893 e. The van der Waals surface area contributed by atoms with Crippen LogP contribution in [0, 0.1) is 0 Å². The van der Waals surface area contributed by atoms with Gasteiger partial charge in [0.25, 0.3) is 0 Å². The topological polar surface area (TPSA) is 72.0 Å². The van der Waals surface area contributed by atoms with Gasteiger partial charge in [-0.1, -0.05) is 36.9 Å². The van der Waals surface area contributed by atoms with Crippen LogP contribution in [-0.2, 0) is 0 Å². The van der Waals surface area contributed by atoms with Gasteiger partial charge >= 0.3 is 0 Å². The zero-order chi connectivity index (χ0) is 17.8. The predicted molar refractivity (Wildman–Crippen MR) is 101 cm³/mol. The first kappa shape index (κ1) is 19.5. The van der Waals surface area contributed by atoms with Crippen LogP contribution in [0.5, 0.6) is 0 Å². The molecule has 2 aromatic rings. The average molecular weight is 323 g/mol. The number of pyridine rings is 2. The van der Waals surface area contributed by atoms with E-state index in [4.69, 9.17) is 4.98 Å². The Morgan fingerprint density at radius 1 is 1.17 bits per heavy atom. The summed E-state index contributed by atoms with van der Waals surface area (Å²) in [6, 6.07) is 11.6. The number of aliphatic hydroxyl groups excluding tert-OH is 1. The third-order valence-electron chi connectivity index (χ3n) is 3.26. The van der Waals surface area contributed by atoms with Crippen molar-refractivity contribution in [2.24, 2.45) is 5.73 Å². The third kappa shape index (κ3) is 5.26. The molecule has 0 unspecified atom stereocenters. The largest absolute Gasteiger partial charge is 0.396 e. The Hall–Kier alpha value is -2.56. The normalized spacial score (nSPS) is 11.5. The van der Waals surface area contributed by atoms with Crippen LogP contribution < -0.4 is 5.73 Å². The van der Waals surface area contributed by atoms with E-state index in [2.05, 4.69) is 17.3 Å². The Morgan fingerprint density at radius 3 is 2.50 bits per heavy atom. The standard InChI is InChI=1S/C19H20N2O.CH5N/c1-3-8-16(15(4-2)12-14-22)17-10-7-11-19(21-17)18-9-5-6-13-20-18;1-2/h3-11,13,22H,2,12,14H2,1H3;2H2,1H3/b8-3-,16-15-;. The molecule has 0 fully saturated rings. The van der Waals surface area contributed by atoms with E-state index in [1.807, 2.05) is 55.5 Å². The molecule has 0 radical (unpaired) electrons. The summed E-state index contributed by atoms with van der Waals surface area (Å²) >= 11 is 0. The minimum absolute atomic E-state index is 0.0857. The molecule has 0 saturated heterocycles. The number of allylic oxidation sites excluding steroid dienone is 4. The van der Waals surface area contributed by atoms with Gasteiger partial charge < -0.3 is 10.8 Å². The van der Waals surface area contributed by atoms with Crippen LogP contribution >= 0.6 is 0 Å². The van der Waals surface area contributed by atoms with Gasteiger partial charge in [0.05, 0.1) is 17.1 Å². The van der Waals surface area contributed by atoms with Crippen molar-refractivity contribution >= 4 is 5.57 Å². The number of aliphatic hydroxyl groups is 1. The summed E-state index contributed by atoms with van der Waals surface area (Å²) in [7, 11) is 1.50. The van der Waals surface area contributed by atoms with Crippen molar-refractivity contribution in [2.45, 2.75) is 13.3 Å². The molecular formula is C20H25N3O. The molecule has 0 atom stereocenters. The van der Waals surface area contributed by atoms with Gasteiger partial charge in [-0.2, -0.15) is 0 Å². The lowest BCUT2D eigenvalue weighted by molar-refractivity contribution is 0.300. The summed E-state index contributed by atoms with van der Waals surface area (Å²) in [4.78, 5) is 9.05. The molecule has 2 heterocycles. The van der Waals surface area contributed by atoms with Gasteiger partial charge in [-0.15, -0.1) is 0 Å². The van der Waals surface area contributed by atoms with E-state index >= 15 is 0 Å². The van der Waals surface area contributed by atoms with Crippen LogP contribution in [-0.4, -0.2) is 28.7 Å². The summed E-state index contributed by atoms with van der Waals surface area (Å²) in [6.45, 7) is 5.89. The number of hydrogen-bond donors (Lipinski definition) is 2. The molecule has 3 N–H and O–H groups in total. The monoisotopic (exact) mass is 323 g/mol. The highest BCUT2D eigenvalue weighted by Crippen LogP contribution is 2.24. The average Bonchev–Trinajstić information content (AvgIpc) is 2.67. The Bertz CT molecular complexity index is 691. The zero-order valence-corrected chi connectivity index (χ0v) is 14.3. The number of aromatic nitrogens is 2.